The van der Waals surface area contributed by atoms with E-state index in [9.17, 15) is 70.2 Å². The minimum Gasteiger partial charge on any atom is -0.482 e. The van der Waals surface area contributed by atoms with Crippen LogP contribution >= 0.6 is 0 Å². The third-order valence-electron chi connectivity index (χ3n) is 10.7. The molecule has 0 amide bonds. The van der Waals surface area contributed by atoms with Crippen molar-refractivity contribution in [3.8, 4) is 68.5 Å². The maximum Gasteiger partial charge on any atom is 0.340 e. The van der Waals surface area contributed by atoms with Crippen LogP contribution in [-0.4, -0.2) is 135 Å². The average molecular weight is 1100 g/mol. The second-order valence-corrected chi connectivity index (χ2v) is 16.1. The quantitative estimate of drug-likeness (QED) is 0.0531. The lowest BCUT2D eigenvalue weighted by molar-refractivity contribution is -0.154. The lowest BCUT2D eigenvalue weighted by Crippen LogP contribution is -2.36. The molecule has 31 heteroatoms. The Morgan fingerprint density at radius 1 is 0.387 bits per heavy atom. The molecule has 0 saturated heterocycles. The summed E-state index contributed by atoms with van der Waals surface area (Å²) < 4.78 is 248. The highest BCUT2D eigenvalue weighted by Gasteiger charge is 2.48. The Hall–Kier alpha value is -7.54. The summed E-state index contributed by atoms with van der Waals surface area (Å²) in [5, 5.41) is -1.28. The third kappa shape index (κ3) is 10.6. The van der Waals surface area contributed by atoms with Gasteiger partial charge in [-0.1, -0.05) is 72.8 Å². The maximum absolute atomic E-state index is 14.9. The number of rotatable bonds is 16. The Morgan fingerprint density at radius 3 is 0.907 bits per heavy atom. The zero-order valence-corrected chi connectivity index (χ0v) is 38.4. The van der Waals surface area contributed by atoms with Crippen LogP contribution in [0, 0.1) is 0 Å². The molecule has 4 aromatic carbocycles. The average Bonchev–Trinajstić information content (AvgIpc) is 4.10. The molecule has 0 radical (unpaired) electrons. The number of aromatic amines is 2. The fourth-order valence-electron chi connectivity index (χ4n) is 7.25. The van der Waals surface area contributed by atoms with Gasteiger partial charge in [-0.05, 0) is 0 Å². The smallest absolute Gasteiger partial charge is 0.340 e. The zero-order valence-electron chi connectivity index (χ0n) is 37.0. The molecule has 4 N–H and O–H groups in total. The van der Waals surface area contributed by atoms with Crippen LogP contribution in [0.4, 0.5) is 70.2 Å². The second kappa shape index (κ2) is 20.6. The van der Waals surface area contributed by atoms with E-state index < -0.39 is 143 Å². The van der Waals surface area contributed by atoms with Crippen LogP contribution in [0.15, 0.2) is 72.8 Å². The lowest BCUT2D eigenvalue weighted by Gasteiger charge is -2.26. The first-order chi connectivity index (χ1) is 35.4. The SMILES string of the molecule is FC(F)C(F)(F)COc1c(OCC(F)(F)C(F)F)c(OCC(F)(F)C(F)F)c2c3nc4nc(nc5[nH]c(nc6nc(nc([nH]3)c2c1OCC(F)(F)C(F)F)-c1ccccc1-6)c1ccccc51)-c1ccccc1-4.O[SiH2]O. The Balaban J connectivity index is 0.00000243. The van der Waals surface area contributed by atoms with Gasteiger partial charge in [0.1, 0.15) is 22.6 Å². The van der Waals surface area contributed by atoms with Gasteiger partial charge in [-0.25, -0.2) is 65.0 Å². The molecule has 2 aliphatic rings. The summed E-state index contributed by atoms with van der Waals surface area (Å²) in [6.45, 7) is -10.4. The summed E-state index contributed by atoms with van der Waals surface area (Å²) >= 11 is 0. The number of hydrogen-bond donors (Lipinski definition) is 4. The Morgan fingerprint density at radius 2 is 0.627 bits per heavy atom. The van der Waals surface area contributed by atoms with Crippen molar-refractivity contribution in [2.45, 2.75) is 49.4 Å². The van der Waals surface area contributed by atoms with E-state index in [1.54, 1.807) is 36.4 Å². The van der Waals surface area contributed by atoms with E-state index in [1.165, 1.54) is 36.4 Å². The predicted octanol–water partition coefficient (Wildman–Crippen LogP) is 9.96. The Kier molecular flexibility index (Phi) is 14.8. The molecule has 0 atom stereocenters. The van der Waals surface area contributed by atoms with Crippen LogP contribution in [0.3, 0.4) is 0 Å². The molecule has 75 heavy (non-hydrogen) atoms. The van der Waals surface area contributed by atoms with Gasteiger partial charge in [0.25, 0.3) is 10.0 Å². The summed E-state index contributed by atoms with van der Waals surface area (Å²) in [4.78, 5) is 47.4. The summed E-state index contributed by atoms with van der Waals surface area (Å²) in [6.07, 6.45) is -18.5. The standard InChI is InChI=1S/C44H26F16N8O4.H4O2Si/c45-37(46)41(53,54)13-69-25-23-24(26(70-14-42(55,56)38(47)48)28(72-16-44(59,60)40(51)52)27(25)71-15-43(57,58)39(49)50)36-67-34-22-12-6-4-10-20(22)32(65-34)63-30-18-8-2-1-7-17(18)29(61-30)62-31-19-9-3-5-11-21(19)33(64-31)66-35(23)68-36;1-3-2/h1-12,37-40H,13-16H2,(H2,61,62,63,64,65,66,67,68);1-2H,3H2. The first kappa shape index (κ1) is 53.7. The van der Waals surface area contributed by atoms with Gasteiger partial charge in [0, 0.05) is 33.0 Å². The summed E-state index contributed by atoms with van der Waals surface area (Å²) in [6, 6.07) is 18.6. The highest BCUT2D eigenvalue weighted by molar-refractivity contribution is 6.15. The number of benzene rings is 4. The topological polar surface area (TPSA) is 186 Å². The minimum atomic E-state index is -5.32. The number of halogens is 16. The number of fused-ring (bicyclic) bond motifs is 20. The fraction of sp³-hybridized carbons (Fsp3) is 0.273. The van der Waals surface area contributed by atoms with Crippen LogP contribution in [0.1, 0.15) is 0 Å². The number of nitrogens with one attached hydrogen (secondary N) is 2. The third-order valence-corrected chi connectivity index (χ3v) is 10.7. The first-order valence-electron chi connectivity index (χ1n) is 21.1. The van der Waals surface area contributed by atoms with Crippen molar-refractivity contribution in [3.05, 3.63) is 72.8 Å². The Labute approximate surface area is 409 Å². The number of H-pyrrole nitrogens is 2. The molecule has 9 rings (SSSR count). The van der Waals surface area contributed by atoms with Crippen molar-refractivity contribution < 1.29 is 98.8 Å². The van der Waals surface area contributed by atoms with Gasteiger partial charge >= 0.3 is 49.4 Å². The van der Waals surface area contributed by atoms with Gasteiger partial charge in [0.05, 0.1) is 10.8 Å². The van der Waals surface area contributed by atoms with E-state index in [2.05, 4.69) is 29.9 Å². The number of nitrogens with zero attached hydrogens (tertiary/aromatic N) is 6. The molecule has 3 aromatic heterocycles. The van der Waals surface area contributed by atoms with Gasteiger partial charge in [-0.3, -0.25) is 0 Å². The van der Waals surface area contributed by atoms with Crippen LogP contribution in [0.2, 0.25) is 0 Å². The number of alkyl halides is 16. The van der Waals surface area contributed by atoms with Gasteiger partial charge in [0.2, 0.25) is 11.5 Å². The van der Waals surface area contributed by atoms with Crippen LogP contribution in [-0.2, 0) is 0 Å². The van der Waals surface area contributed by atoms with Crippen LogP contribution in [0.25, 0.3) is 89.7 Å². The predicted molar refractivity (Wildman–Crippen MR) is 235 cm³/mol. The minimum absolute atomic E-state index is 0.0949. The molecule has 7 aromatic rings. The molecule has 2 aliphatic heterocycles. The van der Waals surface area contributed by atoms with Crippen molar-refractivity contribution in [2.75, 3.05) is 26.4 Å². The molecule has 0 spiro atoms. The molecule has 398 valence electrons. The van der Waals surface area contributed by atoms with Crippen molar-refractivity contribution in [3.63, 3.8) is 0 Å². The summed E-state index contributed by atoms with van der Waals surface area (Å²) in [5.74, 6) is -29.4. The van der Waals surface area contributed by atoms with E-state index in [1.807, 2.05) is 0 Å². The van der Waals surface area contributed by atoms with E-state index >= 15 is 0 Å². The van der Waals surface area contributed by atoms with Gasteiger partial charge < -0.3 is 38.5 Å². The van der Waals surface area contributed by atoms with E-state index in [4.69, 9.17) is 38.5 Å². The molecule has 0 fully saturated rings. The van der Waals surface area contributed by atoms with Gasteiger partial charge in [-0.15, -0.1) is 0 Å². The normalized spacial score (nSPS) is 12.9. The fourth-order valence-corrected chi connectivity index (χ4v) is 7.25. The monoisotopic (exact) mass is 1100 g/mol. The highest BCUT2D eigenvalue weighted by Crippen LogP contribution is 2.55. The van der Waals surface area contributed by atoms with E-state index in [0.717, 1.165) is 0 Å². The lowest BCUT2D eigenvalue weighted by atomic mass is 10.1. The highest BCUT2D eigenvalue weighted by atomic mass is 28.2. The van der Waals surface area contributed by atoms with Gasteiger partial charge in [0.15, 0.2) is 61.2 Å². The number of ether oxygens (including phenoxy) is 4. The van der Waals surface area contributed by atoms with Crippen molar-refractivity contribution in [2.24, 2.45) is 0 Å². The molecular weight excluding hydrogens is 1070 g/mol. The summed E-state index contributed by atoms with van der Waals surface area (Å²) in [5.41, 5.74) is -0.826. The van der Waals surface area contributed by atoms with Gasteiger partial charge in [-0.2, -0.15) is 35.1 Å². The largest absolute Gasteiger partial charge is 0.482 e. The molecule has 14 nitrogen and oxygen atoms in total. The number of hydrogen-bond acceptors (Lipinski definition) is 12. The van der Waals surface area contributed by atoms with Crippen LogP contribution in [0.5, 0.6) is 23.0 Å². The van der Waals surface area contributed by atoms with Crippen LogP contribution < -0.4 is 18.9 Å². The molecule has 8 bridgehead atoms. The van der Waals surface area contributed by atoms with Crippen molar-refractivity contribution in [1.29, 1.82) is 0 Å². The first-order valence-corrected chi connectivity index (χ1v) is 22.4. The second-order valence-electron chi connectivity index (χ2n) is 15.9. The molecule has 0 aliphatic carbocycles. The molecule has 5 heterocycles. The maximum atomic E-state index is 14.9. The van der Waals surface area contributed by atoms with E-state index in [0.29, 0.717) is 10.8 Å². The molecular formula is C44H30F16N8O6Si. The summed E-state index contributed by atoms with van der Waals surface area (Å²) in [7, 11) is -1.58. The Bertz CT molecular complexity index is 3230. The van der Waals surface area contributed by atoms with E-state index in [-0.39, 0.29) is 45.2 Å². The van der Waals surface area contributed by atoms with Crippen molar-refractivity contribution >= 4 is 54.1 Å². The zero-order chi connectivity index (χ0) is 54.4. The van der Waals surface area contributed by atoms with Crippen molar-refractivity contribution in [1.82, 2.24) is 39.9 Å². The molecule has 0 saturated carbocycles. The molecule has 0 unspecified atom stereocenters. The number of aromatic nitrogens is 8.